The molecule has 1 aliphatic rings. The predicted molar refractivity (Wildman–Crippen MR) is 91.9 cm³/mol. The van der Waals surface area contributed by atoms with E-state index in [1.165, 1.54) is 7.11 Å². The van der Waals surface area contributed by atoms with Gasteiger partial charge in [0.15, 0.2) is 11.5 Å². The van der Waals surface area contributed by atoms with Crippen molar-refractivity contribution in [2.24, 2.45) is 0 Å². The van der Waals surface area contributed by atoms with E-state index in [1.807, 2.05) is 6.07 Å². The van der Waals surface area contributed by atoms with E-state index in [-0.39, 0.29) is 11.3 Å². The van der Waals surface area contributed by atoms with Gasteiger partial charge in [-0.25, -0.2) is 4.79 Å². The highest BCUT2D eigenvalue weighted by molar-refractivity contribution is 5.95. The number of phenols is 1. The molecule has 0 saturated heterocycles. The highest BCUT2D eigenvalue weighted by Crippen LogP contribution is 2.49. The molecular weight excluding hydrogens is 324 g/mol. The van der Waals surface area contributed by atoms with Crippen molar-refractivity contribution in [3.8, 4) is 34.1 Å². The maximum atomic E-state index is 11.9. The first-order valence-electron chi connectivity index (χ1n) is 7.82. The van der Waals surface area contributed by atoms with E-state index in [0.29, 0.717) is 23.7 Å². The minimum atomic E-state index is -0.583. The molecular formula is C19H20O6. The molecule has 2 aromatic carbocycles. The Bertz CT molecular complexity index is 841. The van der Waals surface area contributed by atoms with Crippen LogP contribution in [0.1, 0.15) is 21.5 Å². The molecule has 1 aliphatic carbocycles. The average Bonchev–Trinajstić information content (AvgIpc) is 2.64. The van der Waals surface area contributed by atoms with Crippen LogP contribution in [0, 0.1) is 0 Å². The summed E-state index contributed by atoms with van der Waals surface area (Å²) in [5.74, 6) is 1.04. The molecule has 0 heterocycles. The first kappa shape index (κ1) is 17.0. The molecule has 2 aromatic rings. The van der Waals surface area contributed by atoms with Crippen LogP contribution in [-0.2, 0) is 17.6 Å². The van der Waals surface area contributed by atoms with Crippen molar-refractivity contribution in [3.05, 3.63) is 34.9 Å². The van der Waals surface area contributed by atoms with E-state index in [4.69, 9.17) is 18.9 Å². The van der Waals surface area contributed by atoms with Gasteiger partial charge >= 0.3 is 5.97 Å². The van der Waals surface area contributed by atoms with Gasteiger partial charge in [-0.3, -0.25) is 0 Å². The van der Waals surface area contributed by atoms with E-state index in [2.05, 4.69) is 0 Å². The second-order valence-electron chi connectivity index (χ2n) is 5.69. The fourth-order valence-corrected chi connectivity index (χ4v) is 3.33. The Morgan fingerprint density at radius 2 is 1.64 bits per heavy atom. The third-order valence-corrected chi connectivity index (χ3v) is 4.49. The summed E-state index contributed by atoms with van der Waals surface area (Å²) in [6.07, 6.45) is 1.44. The molecule has 0 saturated carbocycles. The Morgan fingerprint density at radius 3 is 2.24 bits per heavy atom. The number of esters is 1. The summed E-state index contributed by atoms with van der Waals surface area (Å²) in [5.41, 5.74) is 3.79. The second-order valence-corrected chi connectivity index (χ2v) is 5.69. The molecule has 6 heteroatoms. The van der Waals surface area contributed by atoms with Gasteiger partial charge in [-0.05, 0) is 47.7 Å². The monoisotopic (exact) mass is 344 g/mol. The smallest absolute Gasteiger partial charge is 0.341 e. The van der Waals surface area contributed by atoms with Gasteiger partial charge in [0.05, 0.1) is 28.4 Å². The van der Waals surface area contributed by atoms with Crippen LogP contribution < -0.4 is 14.2 Å². The summed E-state index contributed by atoms with van der Waals surface area (Å²) < 4.78 is 21.2. The quantitative estimate of drug-likeness (QED) is 0.860. The molecule has 0 fully saturated rings. The number of phenolic OH excluding ortho intramolecular Hbond substituents is 1. The summed E-state index contributed by atoms with van der Waals surface area (Å²) in [6, 6.07) is 5.14. The van der Waals surface area contributed by atoms with Crippen molar-refractivity contribution in [1.82, 2.24) is 0 Å². The number of fused-ring (bicyclic) bond motifs is 3. The van der Waals surface area contributed by atoms with Crippen molar-refractivity contribution in [1.29, 1.82) is 0 Å². The van der Waals surface area contributed by atoms with E-state index in [9.17, 15) is 9.90 Å². The lowest BCUT2D eigenvalue weighted by atomic mass is 9.83. The molecule has 132 valence electrons. The number of rotatable bonds is 4. The molecule has 0 unspecified atom stereocenters. The van der Waals surface area contributed by atoms with Gasteiger partial charge in [-0.1, -0.05) is 0 Å². The number of ether oxygens (including phenoxy) is 4. The number of carbonyl (C=O) groups is 1. The highest BCUT2D eigenvalue weighted by Gasteiger charge is 2.27. The fraction of sp³-hybridized carbons (Fsp3) is 0.316. The summed E-state index contributed by atoms with van der Waals surface area (Å²) in [4.78, 5) is 11.9. The van der Waals surface area contributed by atoms with Crippen LogP contribution >= 0.6 is 0 Å². The lowest BCUT2D eigenvalue weighted by molar-refractivity contribution is 0.0597. The number of aryl methyl sites for hydroxylation is 1. The molecule has 25 heavy (non-hydrogen) atoms. The van der Waals surface area contributed by atoms with Crippen molar-refractivity contribution in [2.75, 3.05) is 28.4 Å². The SMILES string of the molecule is COC(=O)c1cc2c(cc1O)CCc1c-2cc(OC)c(OC)c1OC. The molecule has 0 aliphatic heterocycles. The van der Waals surface area contributed by atoms with Gasteiger partial charge in [-0.15, -0.1) is 0 Å². The number of hydrogen-bond donors (Lipinski definition) is 1. The largest absolute Gasteiger partial charge is 0.507 e. The van der Waals surface area contributed by atoms with Crippen LogP contribution in [0.15, 0.2) is 18.2 Å². The lowest BCUT2D eigenvalue weighted by Crippen LogP contribution is -2.10. The first-order chi connectivity index (χ1) is 12.0. The van der Waals surface area contributed by atoms with Crippen LogP contribution in [0.4, 0.5) is 0 Å². The standard InChI is InChI=1S/C19H20O6/c1-22-16-9-13-11(17(23-2)18(16)24-3)6-5-10-7-15(20)14(8-12(10)13)19(21)25-4/h7-9,20H,5-6H2,1-4H3. The van der Waals surface area contributed by atoms with Gasteiger partial charge < -0.3 is 24.1 Å². The van der Waals surface area contributed by atoms with Crippen LogP contribution in [0.3, 0.4) is 0 Å². The van der Waals surface area contributed by atoms with Crippen molar-refractivity contribution < 1.29 is 28.8 Å². The van der Waals surface area contributed by atoms with Crippen molar-refractivity contribution in [3.63, 3.8) is 0 Å². The Kier molecular flexibility index (Phi) is 4.44. The van der Waals surface area contributed by atoms with Crippen molar-refractivity contribution >= 4 is 5.97 Å². The van der Waals surface area contributed by atoms with Crippen LogP contribution in [0.5, 0.6) is 23.0 Å². The minimum absolute atomic E-state index is 0.0820. The molecule has 0 amide bonds. The van der Waals surface area contributed by atoms with Crippen LogP contribution in [0.2, 0.25) is 0 Å². The zero-order chi connectivity index (χ0) is 18.1. The molecule has 1 N–H and O–H groups in total. The lowest BCUT2D eigenvalue weighted by Gasteiger charge is -2.25. The normalized spacial score (nSPS) is 12.0. The van der Waals surface area contributed by atoms with Gasteiger partial charge in [0, 0.05) is 5.56 Å². The summed E-state index contributed by atoms with van der Waals surface area (Å²) in [7, 11) is 6.00. The van der Waals surface area contributed by atoms with Crippen molar-refractivity contribution in [2.45, 2.75) is 12.8 Å². The molecule has 0 atom stereocenters. The van der Waals surface area contributed by atoms with Gasteiger partial charge in [0.25, 0.3) is 0 Å². The van der Waals surface area contributed by atoms with E-state index >= 15 is 0 Å². The maximum absolute atomic E-state index is 11.9. The molecule has 6 nitrogen and oxygen atoms in total. The predicted octanol–water partition coefficient (Wildman–Crippen LogP) is 2.97. The number of aromatic hydroxyl groups is 1. The first-order valence-corrected chi connectivity index (χ1v) is 7.82. The topological polar surface area (TPSA) is 74.2 Å². The number of hydrogen-bond acceptors (Lipinski definition) is 6. The third-order valence-electron chi connectivity index (χ3n) is 4.49. The van der Waals surface area contributed by atoms with Gasteiger partial charge in [-0.2, -0.15) is 0 Å². The summed E-state index contributed by atoms with van der Waals surface area (Å²) >= 11 is 0. The van der Waals surface area contributed by atoms with Crippen LogP contribution in [0.25, 0.3) is 11.1 Å². The average molecular weight is 344 g/mol. The van der Waals surface area contributed by atoms with Gasteiger partial charge in [0.1, 0.15) is 11.3 Å². The van der Waals surface area contributed by atoms with Crippen LogP contribution in [-0.4, -0.2) is 39.5 Å². The molecule has 3 rings (SSSR count). The zero-order valence-corrected chi connectivity index (χ0v) is 14.6. The zero-order valence-electron chi connectivity index (χ0n) is 14.6. The Balaban J connectivity index is 2.29. The molecule has 0 aromatic heterocycles. The number of carbonyl (C=O) groups excluding carboxylic acids is 1. The van der Waals surface area contributed by atoms with E-state index in [1.54, 1.807) is 33.5 Å². The van der Waals surface area contributed by atoms with E-state index in [0.717, 1.165) is 28.7 Å². The number of benzene rings is 2. The Hall–Kier alpha value is -2.89. The highest BCUT2D eigenvalue weighted by atomic mass is 16.5. The molecule has 0 radical (unpaired) electrons. The van der Waals surface area contributed by atoms with Gasteiger partial charge in [0.2, 0.25) is 5.75 Å². The minimum Gasteiger partial charge on any atom is -0.507 e. The summed E-state index contributed by atoms with van der Waals surface area (Å²) in [6.45, 7) is 0. The Morgan fingerprint density at radius 1 is 0.920 bits per heavy atom. The summed E-state index contributed by atoms with van der Waals surface area (Å²) in [5, 5.41) is 10.1. The number of methoxy groups -OCH3 is 4. The Labute approximate surface area is 145 Å². The third kappa shape index (κ3) is 2.63. The second kappa shape index (κ2) is 6.55. The molecule has 0 bridgehead atoms. The van der Waals surface area contributed by atoms with E-state index < -0.39 is 5.97 Å². The maximum Gasteiger partial charge on any atom is 0.341 e. The fourth-order valence-electron chi connectivity index (χ4n) is 3.33. The molecule has 0 spiro atoms.